The molecule has 2 heterocycles. The van der Waals surface area contributed by atoms with Gasteiger partial charge in [-0.1, -0.05) is 12.2 Å². The molecular weight excluding hydrogens is 265 g/mol. The maximum absolute atomic E-state index is 12.4. The molecule has 0 saturated heterocycles. The SMILES string of the molecule is NC(=S)c1ncccc1-n1ccc(C(F)(F)F)n1. The summed E-state index contributed by atoms with van der Waals surface area (Å²) in [6, 6.07) is 3.97. The van der Waals surface area contributed by atoms with Crippen LogP contribution in [0.3, 0.4) is 0 Å². The maximum Gasteiger partial charge on any atom is 0.435 e. The molecule has 4 nitrogen and oxygen atoms in total. The van der Waals surface area contributed by atoms with Crippen molar-refractivity contribution < 1.29 is 13.2 Å². The Bertz CT molecular complexity index is 591. The molecule has 0 amide bonds. The van der Waals surface area contributed by atoms with Crippen LogP contribution in [0.4, 0.5) is 13.2 Å². The van der Waals surface area contributed by atoms with E-state index in [1.807, 2.05) is 0 Å². The van der Waals surface area contributed by atoms with E-state index in [9.17, 15) is 13.2 Å². The Balaban J connectivity index is 2.50. The van der Waals surface area contributed by atoms with Crippen molar-refractivity contribution in [3.63, 3.8) is 0 Å². The van der Waals surface area contributed by atoms with E-state index in [0.29, 0.717) is 5.69 Å². The summed E-state index contributed by atoms with van der Waals surface area (Å²) in [4.78, 5) is 3.91. The lowest BCUT2D eigenvalue weighted by Gasteiger charge is -2.07. The van der Waals surface area contributed by atoms with E-state index in [4.69, 9.17) is 18.0 Å². The molecule has 0 fully saturated rings. The first-order valence-corrected chi connectivity index (χ1v) is 5.18. The molecule has 0 aliphatic carbocycles. The molecule has 0 aliphatic heterocycles. The molecule has 2 rings (SSSR count). The molecule has 0 atom stereocenters. The van der Waals surface area contributed by atoms with Gasteiger partial charge >= 0.3 is 6.18 Å². The Labute approximate surface area is 105 Å². The first-order valence-electron chi connectivity index (χ1n) is 4.77. The van der Waals surface area contributed by atoms with Crippen LogP contribution in [0.5, 0.6) is 0 Å². The Morgan fingerprint density at radius 3 is 2.61 bits per heavy atom. The Morgan fingerprint density at radius 2 is 2.06 bits per heavy atom. The summed E-state index contributed by atoms with van der Waals surface area (Å²) in [7, 11) is 0. The molecular formula is C10H7F3N4S. The summed E-state index contributed by atoms with van der Waals surface area (Å²) in [6.45, 7) is 0. The highest BCUT2D eigenvalue weighted by Crippen LogP contribution is 2.28. The van der Waals surface area contributed by atoms with Crippen molar-refractivity contribution in [3.8, 4) is 5.69 Å². The second-order valence-corrected chi connectivity index (χ2v) is 3.82. The highest BCUT2D eigenvalue weighted by molar-refractivity contribution is 7.80. The number of alkyl halides is 3. The average molecular weight is 272 g/mol. The van der Waals surface area contributed by atoms with Crippen LogP contribution in [0, 0.1) is 0 Å². The number of halogens is 3. The highest BCUT2D eigenvalue weighted by atomic mass is 32.1. The average Bonchev–Trinajstić information content (AvgIpc) is 2.77. The predicted molar refractivity (Wildman–Crippen MR) is 62.2 cm³/mol. The number of rotatable bonds is 2. The Hall–Kier alpha value is -1.96. The lowest BCUT2D eigenvalue weighted by molar-refractivity contribution is -0.141. The molecule has 18 heavy (non-hydrogen) atoms. The third-order valence-corrected chi connectivity index (χ3v) is 2.34. The molecule has 2 N–H and O–H groups in total. The van der Waals surface area contributed by atoms with Crippen molar-refractivity contribution in [1.29, 1.82) is 0 Å². The van der Waals surface area contributed by atoms with Crippen molar-refractivity contribution >= 4 is 17.2 Å². The summed E-state index contributed by atoms with van der Waals surface area (Å²) in [6.07, 6.45) is -1.86. The fourth-order valence-corrected chi connectivity index (χ4v) is 1.54. The van der Waals surface area contributed by atoms with Gasteiger partial charge in [0.1, 0.15) is 10.7 Å². The van der Waals surface area contributed by atoms with E-state index >= 15 is 0 Å². The molecule has 94 valence electrons. The summed E-state index contributed by atoms with van der Waals surface area (Å²) < 4.78 is 38.3. The minimum atomic E-state index is -4.49. The van der Waals surface area contributed by atoms with E-state index < -0.39 is 11.9 Å². The van der Waals surface area contributed by atoms with Crippen LogP contribution in [-0.4, -0.2) is 19.8 Å². The lowest BCUT2D eigenvalue weighted by Crippen LogP contribution is -2.16. The summed E-state index contributed by atoms with van der Waals surface area (Å²) in [5.74, 6) is 0. The molecule has 0 aliphatic rings. The van der Waals surface area contributed by atoms with E-state index in [-0.39, 0.29) is 10.7 Å². The van der Waals surface area contributed by atoms with Gasteiger partial charge in [-0.25, -0.2) is 4.68 Å². The van der Waals surface area contributed by atoms with E-state index in [0.717, 1.165) is 10.7 Å². The van der Waals surface area contributed by atoms with Gasteiger partial charge in [-0.05, 0) is 18.2 Å². The van der Waals surface area contributed by atoms with Gasteiger partial charge in [-0.15, -0.1) is 0 Å². The number of nitrogens with zero attached hydrogens (tertiary/aromatic N) is 3. The first kappa shape index (κ1) is 12.5. The van der Waals surface area contributed by atoms with Crippen molar-refractivity contribution in [2.45, 2.75) is 6.18 Å². The molecule has 2 aromatic heterocycles. The topological polar surface area (TPSA) is 56.7 Å². The number of hydrogen-bond acceptors (Lipinski definition) is 3. The molecule has 0 radical (unpaired) electrons. The highest BCUT2D eigenvalue weighted by Gasteiger charge is 2.33. The Morgan fingerprint density at radius 1 is 1.33 bits per heavy atom. The molecule has 8 heteroatoms. The van der Waals surface area contributed by atoms with Crippen LogP contribution >= 0.6 is 12.2 Å². The number of thiocarbonyl (C=S) groups is 1. The van der Waals surface area contributed by atoms with E-state index in [1.54, 1.807) is 6.07 Å². The summed E-state index contributed by atoms with van der Waals surface area (Å²) in [5, 5.41) is 3.43. The minimum absolute atomic E-state index is 0.00495. The zero-order valence-corrected chi connectivity index (χ0v) is 9.66. The van der Waals surface area contributed by atoms with Crippen LogP contribution in [0.15, 0.2) is 30.6 Å². The fraction of sp³-hybridized carbons (Fsp3) is 0.100. The number of hydrogen-bond donors (Lipinski definition) is 1. The molecule has 0 bridgehead atoms. The van der Waals surface area contributed by atoms with Gasteiger partial charge in [0.25, 0.3) is 0 Å². The zero-order chi connectivity index (χ0) is 13.3. The summed E-state index contributed by atoms with van der Waals surface area (Å²) in [5.41, 5.74) is 5.00. The first-order chi connectivity index (χ1) is 8.39. The zero-order valence-electron chi connectivity index (χ0n) is 8.85. The Kier molecular flexibility index (Phi) is 3.04. The van der Waals surface area contributed by atoms with Crippen molar-refractivity contribution in [2.75, 3.05) is 0 Å². The standard InChI is InChI=1S/C10H7F3N4S/c11-10(12,13)7-3-5-17(16-7)6-2-1-4-15-8(6)9(14)18/h1-5H,(H2,14,18). The number of nitrogens with two attached hydrogens (primary N) is 1. The van der Waals surface area contributed by atoms with Crippen LogP contribution in [0.25, 0.3) is 5.69 Å². The van der Waals surface area contributed by atoms with Gasteiger partial charge in [-0.3, -0.25) is 4.98 Å². The van der Waals surface area contributed by atoms with Gasteiger partial charge < -0.3 is 5.73 Å². The second kappa shape index (κ2) is 4.37. The largest absolute Gasteiger partial charge is 0.435 e. The number of pyridine rings is 1. The molecule has 0 spiro atoms. The minimum Gasteiger partial charge on any atom is -0.388 e. The molecule has 0 unspecified atom stereocenters. The van der Waals surface area contributed by atoms with Gasteiger partial charge in [0, 0.05) is 12.4 Å². The van der Waals surface area contributed by atoms with Gasteiger partial charge in [0.05, 0.1) is 5.69 Å². The van der Waals surface area contributed by atoms with Crippen LogP contribution in [-0.2, 0) is 6.18 Å². The fourth-order valence-electron chi connectivity index (χ4n) is 1.38. The third kappa shape index (κ3) is 2.33. The smallest absolute Gasteiger partial charge is 0.388 e. The normalized spacial score (nSPS) is 11.5. The quantitative estimate of drug-likeness (QED) is 0.849. The van der Waals surface area contributed by atoms with Gasteiger partial charge in [0.15, 0.2) is 5.69 Å². The second-order valence-electron chi connectivity index (χ2n) is 3.38. The van der Waals surface area contributed by atoms with Crippen molar-refractivity contribution in [1.82, 2.24) is 14.8 Å². The molecule has 0 aromatic carbocycles. The van der Waals surface area contributed by atoms with E-state index in [1.165, 1.54) is 18.5 Å². The molecule has 2 aromatic rings. The van der Waals surface area contributed by atoms with Gasteiger partial charge in [-0.2, -0.15) is 18.3 Å². The lowest BCUT2D eigenvalue weighted by atomic mass is 10.3. The monoisotopic (exact) mass is 272 g/mol. The van der Waals surface area contributed by atoms with Crippen LogP contribution < -0.4 is 5.73 Å². The van der Waals surface area contributed by atoms with Crippen molar-refractivity contribution in [3.05, 3.63) is 42.0 Å². The van der Waals surface area contributed by atoms with Crippen LogP contribution in [0.2, 0.25) is 0 Å². The molecule has 0 saturated carbocycles. The maximum atomic E-state index is 12.4. The van der Waals surface area contributed by atoms with E-state index in [2.05, 4.69) is 10.1 Å². The van der Waals surface area contributed by atoms with Crippen molar-refractivity contribution in [2.24, 2.45) is 5.73 Å². The summed E-state index contributed by atoms with van der Waals surface area (Å²) >= 11 is 4.78. The predicted octanol–water partition coefficient (Wildman–Crippen LogP) is 1.92. The third-order valence-electron chi connectivity index (χ3n) is 2.15. The number of aromatic nitrogens is 3. The van der Waals surface area contributed by atoms with Crippen LogP contribution in [0.1, 0.15) is 11.4 Å². The van der Waals surface area contributed by atoms with Gasteiger partial charge in [0.2, 0.25) is 0 Å².